The molecule has 1 fully saturated rings. The fourth-order valence-electron chi connectivity index (χ4n) is 2.48. The normalized spacial score (nSPS) is 25.4. The average Bonchev–Trinajstić information content (AvgIpc) is 2.80. The van der Waals surface area contributed by atoms with Crippen molar-refractivity contribution >= 4 is 11.9 Å². The summed E-state index contributed by atoms with van der Waals surface area (Å²) in [5, 5.41) is 17.9. The second kappa shape index (κ2) is 5.04. The number of carboxylic acid groups (broad SMARTS) is 1. The topological polar surface area (TPSA) is 77.8 Å². The molecule has 0 bridgehead atoms. The van der Waals surface area contributed by atoms with Crippen LogP contribution < -0.4 is 0 Å². The first-order valence-corrected chi connectivity index (χ1v) is 6.00. The van der Waals surface area contributed by atoms with E-state index in [0.717, 1.165) is 6.42 Å². The zero-order chi connectivity index (χ0) is 13.2. The number of carbonyl (C=O) groups excluding carboxylic acids is 1. The largest absolute Gasteiger partial charge is 0.481 e. The highest BCUT2D eigenvalue weighted by Crippen LogP contribution is 2.58. The van der Waals surface area contributed by atoms with E-state index >= 15 is 0 Å². The van der Waals surface area contributed by atoms with E-state index in [1.165, 1.54) is 0 Å². The first kappa shape index (κ1) is 14.0. The van der Waals surface area contributed by atoms with Gasteiger partial charge in [-0.3, -0.25) is 9.59 Å². The zero-order valence-electron chi connectivity index (χ0n) is 10.6. The van der Waals surface area contributed by atoms with Crippen molar-refractivity contribution in [2.75, 3.05) is 19.7 Å². The minimum atomic E-state index is -0.909. The van der Waals surface area contributed by atoms with E-state index in [9.17, 15) is 9.59 Å². The lowest BCUT2D eigenvalue weighted by Gasteiger charge is -2.21. The molecule has 0 aliphatic heterocycles. The third-order valence-electron chi connectivity index (χ3n) is 3.53. The first-order valence-electron chi connectivity index (χ1n) is 6.00. The maximum atomic E-state index is 12.2. The minimum Gasteiger partial charge on any atom is -0.481 e. The lowest BCUT2D eigenvalue weighted by Crippen LogP contribution is -2.36. The Morgan fingerprint density at radius 2 is 1.82 bits per heavy atom. The predicted molar refractivity (Wildman–Crippen MR) is 62.4 cm³/mol. The third-order valence-corrected chi connectivity index (χ3v) is 3.53. The average molecular weight is 243 g/mol. The summed E-state index contributed by atoms with van der Waals surface area (Å²) in [7, 11) is 0. The highest BCUT2D eigenvalue weighted by molar-refractivity contribution is 5.91. The maximum Gasteiger partial charge on any atom is 0.307 e. The quantitative estimate of drug-likeness (QED) is 0.715. The van der Waals surface area contributed by atoms with Crippen molar-refractivity contribution in [1.82, 2.24) is 4.90 Å². The number of carbonyl (C=O) groups is 2. The standard InChI is InChI=1S/C12H21NO4/c1-4-5-13(6-7-14)10(15)8-9(11(16)17)12(8,2)3/h8-9,14H,4-7H2,1-3H3,(H,16,17)/t8-,9+/m1/s1. The molecule has 0 aromatic heterocycles. The van der Waals surface area contributed by atoms with Crippen molar-refractivity contribution in [1.29, 1.82) is 0 Å². The molecule has 2 atom stereocenters. The van der Waals surface area contributed by atoms with Crippen LogP contribution in [0.25, 0.3) is 0 Å². The van der Waals surface area contributed by atoms with Gasteiger partial charge in [-0.05, 0) is 11.8 Å². The van der Waals surface area contributed by atoms with Crippen LogP contribution in [0.15, 0.2) is 0 Å². The van der Waals surface area contributed by atoms with E-state index < -0.39 is 23.2 Å². The van der Waals surface area contributed by atoms with Gasteiger partial charge in [-0.25, -0.2) is 0 Å². The van der Waals surface area contributed by atoms with Crippen LogP contribution in [0.1, 0.15) is 27.2 Å². The Balaban J connectivity index is 2.72. The summed E-state index contributed by atoms with van der Waals surface area (Å²) in [4.78, 5) is 24.7. The summed E-state index contributed by atoms with van der Waals surface area (Å²) in [6, 6.07) is 0. The number of aliphatic hydroxyl groups is 1. The van der Waals surface area contributed by atoms with Crippen molar-refractivity contribution in [3.05, 3.63) is 0 Å². The predicted octanol–water partition coefficient (Wildman–Crippen LogP) is 0.574. The molecular weight excluding hydrogens is 222 g/mol. The number of aliphatic hydroxyl groups excluding tert-OH is 1. The minimum absolute atomic E-state index is 0.0867. The van der Waals surface area contributed by atoms with Crippen molar-refractivity contribution in [2.45, 2.75) is 27.2 Å². The van der Waals surface area contributed by atoms with Crippen LogP contribution in [0.2, 0.25) is 0 Å². The molecule has 0 heterocycles. The van der Waals surface area contributed by atoms with Gasteiger partial charge in [0.15, 0.2) is 0 Å². The molecule has 1 rings (SSSR count). The highest BCUT2D eigenvalue weighted by atomic mass is 16.4. The number of aliphatic carboxylic acids is 1. The number of hydrogen-bond donors (Lipinski definition) is 2. The molecule has 0 aromatic rings. The molecular formula is C12H21NO4. The van der Waals surface area contributed by atoms with Gasteiger partial charge in [0.25, 0.3) is 0 Å². The van der Waals surface area contributed by atoms with Crippen LogP contribution >= 0.6 is 0 Å². The Morgan fingerprint density at radius 1 is 1.24 bits per heavy atom. The van der Waals surface area contributed by atoms with Crippen LogP contribution in [0.4, 0.5) is 0 Å². The summed E-state index contributed by atoms with van der Waals surface area (Å²) in [5.41, 5.74) is -0.468. The van der Waals surface area contributed by atoms with E-state index in [-0.39, 0.29) is 19.1 Å². The molecule has 1 aliphatic rings. The lowest BCUT2D eigenvalue weighted by atomic mass is 10.1. The number of hydrogen-bond acceptors (Lipinski definition) is 3. The van der Waals surface area contributed by atoms with E-state index in [1.54, 1.807) is 18.7 Å². The van der Waals surface area contributed by atoms with Crippen LogP contribution in [-0.2, 0) is 9.59 Å². The van der Waals surface area contributed by atoms with Crippen molar-refractivity contribution in [3.8, 4) is 0 Å². The molecule has 1 aliphatic carbocycles. The Bertz CT molecular complexity index is 308. The molecule has 98 valence electrons. The molecule has 0 radical (unpaired) electrons. The van der Waals surface area contributed by atoms with Crippen molar-refractivity contribution < 1.29 is 19.8 Å². The van der Waals surface area contributed by atoms with Gasteiger partial charge in [0.2, 0.25) is 5.91 Å². The monoisotopic (exact) mass is 243 g/mol. The highest BCUT2D eigenvalue weighted by Gasteiger charge is 2.66. The molecule has 5 nitrogen and oxygen atoms in total. The van der Waals surface area contributed by atoms with Gasteiger partial charge in [-0.2, -0.15) is 0 Å². The zero-order valence-corrected chi connectivity index (χ0v) is 10.6. The fourth-order valence-corrected chi connectivity index (χ4v) is 2.48. The van der Waals surface area contributed by atoms with Crippen molar-refractivity contribution in [2.24, 2.45) is 17.3 Å². The number of rotatable bonds is 6. The Hall–Kier alpha value is -1.10. The van der Waals surface area contributed by atoms with E-state index in [1.807, 2.05) is 6.92 Å². The molecule has 1 amide bonds. The Morgan fingerprint density at radius 3 is 2.18 bits per heavy atom. The Kier molecular flexibility index (Phi) is 4.14. The summed E-state index contributed by atoms with van der Waals surface area (Å²) < 4.78 is 0. The molecule has 0 saturated heterocycles. The van der Waals surface area contributed by atoms with Gasteiger partial charge in [-0.15, -0.1) is 0 Å². The van der Waals surface area contributed by atoms with Crippen molar-refractivity contribution in [3.63, 3.8) is 0 Å². The molecule has 0 aromatic carbocycles. The summed E-state index contributed by atoms with van der Waals surface area (Å²) in [6.07, 6.45) is 0.802. The summed E-state index contributed by atoms with van der Waals surface area (Å²) >= 11 is 0. The van der Waals surface area contributed by atoms with Crippen LogP contribution in [0.5, 0.6) is 0 Å². The molecule has 5 heteroatoms. The van der Waals surface area contributed by atoms with Gasteiger partial charge in [-0.1, -0.05) is 20.8 Å². The SMILES string of the molecule is CCCN(CCO)C(=O)[C@H]1[C@@H](C(=O)O)C1(C)C. The summed E-state index contributed by atoms with van der Waals surface area (Å²) in [6.45, 7) is 6.32. The molecule has 1 saturated carbocycles. The Labute approximate surface area is 101 Å². The first-order chi connectivity index (χ1) is 7.87. The lowest BCUT2D eigenvalue weighted by molar-refractivity contribution is -0.142. The van der Waals surface area contributed by atoms with E-state index in [2.05, 4.69) is 0 Å². The van der Waals surface area contributed by atoms with Gasteiger partial charge >= 0.3 is 5.97 Å². The summed E-state index contributed by atoms with van der Waals surface area (Å²) in [5.74, 6) is -2.08. The number of nitrogens with zero attached hydrogens (tertiary/aromatic N) is 1. The number of amides is 1. The van der Waals surface area contributed by atoms with Crippen LogP contribution in [-0.4, -0.2) is 46.7 Å². The fraction of sp³-hybridized carbons (Fsp3) is 0.833. The van der Waals surface area contributed by atoms with Gasteiger partial charge < -0.3 is 15.1 Å². The molecule has 17 heavy (non-hydrogen) atoms. The van der Waals surface area contributed by atoms with Crippen LogP contribution in [0, 0.1) is 17.3 Å². The second-order valence-corrected chi connectivity index (χ2v) is 5.16. The number of carboxylic acids is 1. The second-order valence-electron chi connectivity index (χ2n) is 5.16. The maximum absolute atomic E-state index is 12.2. The third kappa shape index (κ3) is 2.60. The molecule has 0 unspecified atom stereocenters. The van der Waals surface area contributed by atoms with E-state index in [0.29, 0.717) is 6.54 Å². The van der Waals surface area contributed by atoms with E-state index in [4.69, 9.17) is 10.2 Å². The molecule has 2 N–H and O–H groups in total. The van der Waals surface area contributed by atoms with Gasteiger partial charge in [0, 0.05) is 13.1 Å². The van der Waals surface area contributed by atoms with Crippen LogP contribution in [0.3, 0.4) is 0 Å². The smallest absolute Gasteiger partial charge is 0.307 e. The van der Waals surface area contributed by atoms with Gasteiger partial charge in [0.05, 0.1) is 18.4 Å². The molecule has 0 spiro atoms. The van der Waals surface area contributed by atoms with Gasteiger partial charge in [0.1, 0.15) is 0 Å².